The van der Waals surface area contributed by atoms with Gasteiger partial charge < -0.3 is 14.8 Å². The summed E-state index contributed by atoms with van der Waals surface area (Å²) in [6.07, 6.45) is 3.29. The lowest BCUT2D eigenvalue weighted by atomic mass is 10.1. The Morgan fingerprint density at radius 2 is 2.25 bits per heavy atom. The van der Waals surface area contributed by atoms with Crippen molar-refractivity contribution in [1.82, 2.24) is 0 Å². The number of anilines is 1. The highest BCUT2D eigenvalue weighted by atomic mass is 16.3. The summed E-state index contributed by atoms with van der Waals surface area (Å²) in [6.45, 7) is 1.96. The molecule has 102 valence electrons. The number of rotatable bonds is 3. The van der Waals surface area contributed by atoms with Gasteiger partial charge >= 0.3 is 0 Å². The highest BCUT2D eigenvalue weighted by Crippen LogP contribution is 2.17. The van der Waals surface area contributed by atoms with E-state index in [0.29, 0.717) is 17.7 Å². The minimum atomic E-state index is -0.220. The molecule has 1 aromatic carbocycles. The summed E-state index contributed by atoms with van der Waals surface area (Å²) in [6, 6.07) is 7.20. The second-order valence-corrected chi connectivity index (χ2v) is 4.27. The Morgan fingerprint density at radius 3 is 2.95 bits per heavy atom. The molecule has 0 spiro atoms. The van der Waals surface area contributed by atoms with E-state index in [1.807, 2.05) is 25.1 Å². The van der Waals surface area contributed by atoms with E-state index in [0.717, 1.165) is 11.1 Å². The van der Waals surface area contributed by atoms with E-state index in [2.05, 4.69) is 17.2 Å². The molecular weight excluding hydrogens is 254 g/mol. The Labute approximate surface area is 117 Å². The highest BCUT2D eigenvalue weighted by Gasteiger charge is 2.08. The topological polar surface area (TPSA) is 62.5 Å². The van der Waals surface area contributed by atoms with Crippen molar-refractivity contribution in [2.24, 2.45) is 0 Å². The van der Waals surface area contributed by atoms with Crippen LogP contribution in [-0.4, -0.2) is 17.6 Å². The van der Waals surface area contributed by atoms with Crippen molar-refractivity contribution in [3.63, 3.8) is 0 Å². The van der Waals surface area contributed by atoms with Gasteiger partial charge in [0.2, 0.25) is 0 Å². The molecule has 20 heavy (non-hydrogen) atoms. The van der Waals surface area contributed by atoms with Crippen molar-refractivity contribution in [3.8, 4) is 11.8 Å². The Kier molecular flexibility index (Phi) is 4.59. The molecule has 2 rings (SSSR count). The molecule has 0 atom stereocenters. The summed E-state index contributed by atoms with van der Waals surface area (Å²) in [5.74, 6) is 5.57. The van der Waals surface area contributed by atoms with E-state index in [4.69, 9.17) is 9.52 Å². The number of amides is 1. The van der Waals surface area contributed by atoms with E-state index >= 15 is 0 Å². The first-order valence-electron chi connectivity index (χ1n) is 6.24. The lowest BCUT2D eigenvalue weighted by molar-refractivity contribution is 0.102. The molecule has 0 saturated heterocycles. The number of carbonyl (C=O) groups excluding carboxylic acids is 1. The van der Waals surface area contributed by atoms with Gasteiger partial charge in [0, 0.05) is 17.7 Å². The zero-order chi connectivity index (χ0) is 14.4. The summed E-state index contributed by atoms with van der Waals surface area (Å²) in [5.41, 5.74) is 2.94. The minimum absolute atomic E-state index is 0.0446. The first-order chi connectivity index (χ1) is 9.70. The smallest absolute Gasteiger partial charge is 0.258 e. The molecule has 1 aromatic heterocycles. The summed E-state index contributed by atoms with van der Waals surface area (Å²) in [4.78, 5) is 12.0. The number of hydrogen-bond acceptors (Lipinski definition) is 3. The predicted octanol–water partition coefficient (Wildman–Crippen LogP) is 2.57. The molecule has 2 N–H and O–H groups in total. The Balaban J connectivity index is 2.17. The fraction of sp³-hybridized carbons (Fsp3) is 0.188. The second kappa shape index (κ2) is 6.60. The first-order valence-corrected chi connectivity index (χ1v) is 6.24. The molecule has 0 radical (unpaired) electrons. The standard InChI is InChI=1S/C16H15NO3/c1-12-5-6-13(4-2-3-8-18)10-15(12)17-16(19)14-7-9-20-11-14/h5-7,9-11,18H,3,8H2,1H3,(H,17,19). The van der Waals surface area contributed by atoms with Gasteiger partial charge in [0.25, 0.3) is 5.91 Å². The molecule has 0 unspecified atom stereocenters. The zero-order valence-corrected chi connectivity index (χ0v) is 11.1. The van der Waals surface area contributed by atoms with E-state index in [1.54, 1.807) is 6.07 Å². The van der Waals surface area contributed by atoms with Gasteiger partial charge in [-0.1, -0.05) is 17.9 Å². The monoisotopic (exact) mass is 269 g/mol. The number of hydrogen-bond donors (Lipinski definition) is 2. The van der Waals surface area contributed by atoms with Crippen LogP contribution in [-0.2, 0) is 0 Å². The van der Waals surface area contributed by atoms with Crippen LogP contribution in [0.1, 0.15) is 27.9 Å². The quantitative estimate of drug-likeness (QED) is 0.842. The maximum absolute atomic E-state index is 12.0. The van der Waals surface area contributed by atoms with Gasteiger partial charge in [-0.3, -0.25) is 4.79 Å². The molecule has 0 fully saturated rings. The third-order valence-corrected chi connectivity index (χ3v) is 2.74. The van der Waals surface area contributed by atoms with E-state index in [9.17, 15) is 4.79 Å². The molecule has 4 heteroatoms. The fourth-order valence-electron chi connectivity index (χ4n) is 1.64. The number of benzene rings is 1. The van der Waals surface area contributed by atoms with Crippen LogP contribution in [0.3, 0.4) is 0 Å². The predicted molar refractivity (Wildman–Crippen MR) is 76.4 cm³/mol. The van der Waals surface area contributed by atoms with Gasteiger partial charge in [-0.05, 0) is 30.7 Å². The molecule has 0 bridgehead atoms. The lowest BCUT2D eigenvalue weighted by Gasteiger charge is -2.07. The van der Waals surface area contributed by atoms with Gasteiger partial charge in [-0.2, -0.15) is 0 Å². The highest BCUT2D eigenvalue weighted by molar-refractivity contribution is 6.04. The molecule has 0 aliphatic rings. The molecule has 1 amide bonds. The van der Waals surface area contributed by atoms with Crippen LogP contribution in [0.25, 0.3) is 0 Å². The minimum Gasteiger partial charge on any atom is -0.472 e. The van der Waals surface area contributed by atoms with E-state index in [-0.39, 0.29) is 12.5 Å². The second-order valence-electron chi connectivity index (χ2n) is 4.27. The molecule has 2 aromatic rings. The Hall–Kier alpha value is -2.51. The van der Waals surface area contributed by atoms with Crippen molar-refractivity contribution >= 4 is 11.6 Å². The summed E-state index contributed by atoms with van der Waals surface area (Å²) in [5, 5.41) is 11.5. The van der Waals surface area contributed by atoms with Gasteiger partial charge in [0.05, 0.1) is 18.4 Å². The van der Waals surface area contributed by atoms with E-state index < -0.39 is 0 Å². The van der Waals surface area contributed by atoms with E-state index in [1.165, 1.54) is 12.5 Å². The zero-order valence-electron chi connectivity index (χ0n) is 11.1. The third kappa shape index (κ3) is 3.50. The number of aliphatic hydroxyl groups excluding tert-OH is 1. The van der Waals surface area contributed by atoms with Crippen molar-refractivity contribution < 1.29 is 14.3 Å². The number of aliphatic hydroxyl groups is 1. The summed E-state index contributed by atoms with van der Waals surface area (Å²) >= 11 is 0. The maximum Gasteiger partial charge on any atom is 0.258 e. The normalized spacial score (nSPS) is 9.70. The lowest BCUT2D eigenvalue weighted by Crippen LogP contribution is -2.11. The molecule has 0 aliphatic carbocycles. The number of furan rings is 1. The van der Waals surface area contributed by atoms with Crippen LogP contribution in [0.5, 0.6) is 0 Å². The largest absolute Gasteiger partial charge is 0.472 e. The molecule has 4 nitrogen and oxygen atoms in total. The van der Waals surface area contributed by atoms with Crippen molar-refractivity contribution in [2.75, 3.05) is 11.9 Å². The molecule has 1 heterocycles. The van der Waals surface area contributed by atoms with Crippen molar-refractivity contribution in [1.29, 1.82) is 0 Å². The molecule has 0 saturated carbocycles. The summed E-state index contributed by atoms with van der Waals surface area (Å²) < 4.78 is 4.89. The first kappa shape index (κ1) is 13.9. The van der Waals surface area contributed by atoms with Crippen LogP contribution in [0, 0.1) is 18.8 Å². The van der Waals surface area contributed by atoms with Crippen LogP contribution < -0.4 is 5.32 Å². The fourth-order valence-corrected chi connectivity index (χ4v) is 1.64. The van der Waals surface area contributed by atoms with Crippen LogP contribution in [0.2, 0.25) is 0 Å². The average molecular weight is 269 g/mol. The van der Waals surface area contributed by atoms with Gasteiger partial charge in [-0.15, -0.1) is 0 Å². The van der Waals surface area contributed by atoms with Crippen LogP contribution in [0.15, 0.2) is 41.2 Å². The number of carbonyl (C=O) groups is 1. The Morgan fingerprint density at radius 1 is 1.40 bits per heavy atom. The maximum atomic E-state index is 12.0. The molecule has 0 aliphatic heterocycles. The molecular formula is C16H15NO3. The van der Waals surface area contributed by atoms with Crippen molar-refractivity contribution in [3.05, 3.63) is 53.5 Å². The summed E-state index contributed by atoms with van der Waals surface area (Å²) in [7, 11) is 0. The Bertz CT molecular complexity index is 648. The van der Waals surface area contributed by atoms with Crippen LogP contribution >= 0.6 is 0 Å². The van der Waals surface area contributed by atoms with Crippen LogP contribution in [0.4, 0.5) is 5.69 Å². The van der Waals surface area contributed by atoms with Gasteiger partial charge in [0.15, 0.2) is 0 Å². The average Bonchev–Trinajstić information content (AvgIpc) is 2.97. The van der Waals surface area contributed by atoms with Crippen molar-refractivity contribution in [2.45, 2.75) is 13.3 Å². The van der Waals surface area contributed by atoms with Gasteiger partial charge in [0.1, 0.15) is 6.26 Å². The number of nitrogens with one attached hydrogen (secondary N) is 1. The third-order valence-electron chi connectivity index (χ3n) is 2.74. The SMILES string of the molecule is Cc1ccc(C#CCCO)cc1NC(=O)c1ccoc1. The van der Waals surface area contributed by atoms with Gasteiger partial charge in [-0.25, -0.2) is 0 Å². The number of aryl methyl sites for hydroxylation is 1.